The summed E-state index contributed by atoms with van der Waals surface area (Å²) in [6, 6.07) is 1.99. The molecule has 0 bridgehead atoms. The minimum Gasteiger partial charge on any atom is -0.308 e. The van der Waals surface area contributed by atoms with Gasteiger partial charge in [0.15, 0.2) is 5.82 Å². The van der Waals surface area contributed by atoms with Gasteiger partial charge in [-0.3, -0.25) is 0 Å². The summed E-state index contributed by atoms with van der Waals surface area (Å²) in [4.78, 5) is 10.0. The average molecular weight is 282 g/mol. The number of thioether (sulfide) groups is 1. The summed E-state index contributed by atoms with van der Waals surface area (Å²) >= 11 is 3.51. The fraction of sp³-hybridized carbons (Fsp3) is 0.500. The summed E-state index contributed by atoms with van der Waals surface area (Å²) in [6.07, 6.45) is 3.83. The van der Waals surface area contributed by atoms with E-state index in [1.165, 1.54) is 25.0 Å². The number of rotatable bonds is 7. The zero-order chi connectivity index (χ0) is 12.8. The average Bonchev–Trinajstić information content (AvgIpc) is 2.85. The number of unbranched alkanes of at least 4 members (excludes halogenated alkanes) is 2. The van der Waals surface area contributed by atoms with Crippen LogP contribution in [0.5, 0.6) is 0 Å². The lowest BCUT2D eigenvalue weighted by Crippen LogP contribution is -2.10. The molecule has 2 heterocycles. The Bertz CT molecular complexity index is 498. The summed E-state index contributed by atoms with van der Waals surface area (Å²) in [5, 5.41) is 3.01. The van der Waals surface area contributed by atoms with Gasteiger partial charge < -0.3 is 5.43 Å². The van der Waals surface area contributed by atoms with Crippen LogP contribution in [0.2, 0.25) is 0 Å². The van der Waals surface area contributed by atoms with Gasteiger partial charge in [-0.25, -0.2) is 15.8 Å². The Hall–Kier alpha value is -0.850. The molecule has 0 aliphatic rings. The molecule has 2 aromatic heterocycles. The van der Waals surface area contributed by atoms with Crippen molar-refractivity contribution in [2.75, 3.05) is 11.2 Å². The van der Waals surface area contributed by atoms with Crippen molar-refractivity contribution in [3.63, 3.8) is 0 Å². The van der Waals surface area contributed by atoms with Crippen LogP contribution in [0.25, 0.3) is 10.2 Å². The van der Waals surface area contributed by atoms with Crippen LogP contribution in [-0.2, 0) is 5.75 Å². The number of nitrogens with one attached hydrogen (secondary N) is 1. The number of anilines is 1. The van der Waals surface area contributed by atoms with Gasteiger partial charge in [0.05, 0.1) is 11.1 Å². The molecule has 4 nitrogen and oxygen atoms in total. The van der Waals surface area contributed by atoms with Gasteiger partial charge in [-0.05, 0) is 23.6 Å². The van der Waals surface area contributed by atoms with Gasteiger partial charge in [-0.2, -0.15) is 11.8 Å². The zero-order valence-corrected chi connectivity index (χ0v) is 12.1. The number of nitrogens with two attached hydrogens (primary N) is 1. The highest BCUT2D eigenvalue weighted by atomic mass is 32.2. The quantitative estimate of drug-likeness (QED) is 0.463. The fourth-order valence-corrected chi connectivity index (χ4v) is 3.34. The molecular formula is C12H18N4S2. The second-order valence-electron chi connectivity index (χ2n) is 4.03. The van der Waals surface area contributed by atoms with Gasteiger partial charge in [0.25, 0.3) is 0 Å². The molecule has 0 aliphatic heterocycles. The molecule has 0 radical (unpaired) electrons. The molecule has 18 heavy (non-hydrogen) atoms. The fourth-order valence-electron chi connectivity index (χ4n) is 1.69. The van der Waals surface area contributed by atoms with Crippen molar-refractivity contribution in [1.29, 1.82) is 0 Å². The van der Waals surface area contributed by atoms with E-state index < -0.39 is 0 Å². The number of nitrogens with zero attached hydrogens (tertiary/aromatic N) is 2. The molecule has 98 valence electrons. The third-order valence-corrected chi connectivity index (χ3v) is 4.48. The first-order chi connectivity index (χ1) is 8.85. The van der Waals surface area contributed by atoms with E-state index in [1.54, 1.807) is 11.3 Å². The minimum absolute atomic E-state index is 0.727. The minimum atomic E-state index is 0.727. The van der Waals surface area contributed by atoms with Crippen LogP contribution in [0.4, 0.5) is 5.82 Å². The van der Waals surface area contributed by atoms with Crippen molar-refractivity contribution in [1.82, 2.24) is 9.97 Å². The molecule has 0 unspecified atom stereocenters. The number of aromatic nitrogens is 2. The van der Waals surface area contributed by atoms with Gasteiger partial charge in [0, 0.05) is 0 Å². The van der Waals surface area contributed by atoms with E-state index in [0.29, 0.717) is 0 Å². The monoisotopic (exact) mass is 282 g/mol. The second kappa shape index (κ2) is 6.92. The van der Waals surface area contributed by atoms with E-state index in [1.807, 2.05) is 23.2 Å². The Kier molecular flexibility index (Phi) is 5.22. The van der Waals surface area contributed by atoms with Crippen LogP contribution < -0.4 is 11.3 Å². The van der Waals surface area contributed by atoms with Crippen molar-refractivity contribution < 1.29 is 0 Å². The van der Waals surface area contributed by atoms with E-state index >= 15 is 0 Å². The highest BCUT2D eigenvalue weighted by Gasteiger charge is 2.07. The van der Waals surface area contributed by atoms with Gasteiger partial charge >= 0.3 is 0 Å². The molecule has 2 aromatic rings. The second-order valence-corrected chi connectivity index (χ2v) is 6.03. The molecule has 0 saturated carbocycles. The Labute approximate surface area is 115 Å². The SMILES string of the molecule is CCCCCSCc1nc(NN)c2ccsc2n1. The molecule has 0 atom stereocenters. The summed E-state index contributed by atoms with van der Waals surface area (Å²) in [6.45, 7) is 2.22. The maximum Gasteiger partial charge on any atom is 0.152 e. The van der Waals surface area contributed by atoms with Crippen molar-refractivity contribution in [2.24, 2.45) is 5.84 Å². The first-order valence-corrected chi connectivity index (χ1v) is 8.17. The standard InChI is InChI=1S/C12H18N4S2/c1-2-3-4-6-17-8-10-14-11(16-13)9-5-7-18-12(9)15-10/h5,7H,2-4,6,8,13H2,1H3,(H,14,15,16). The Morgan fingerprint density at radius 2 is 2.28 bits per heavy atom. The molecule has 0 amide bonds. The normalized spacial score (nSPS) is 11.0. The van der Waals surface area contributed by atoms with E-state index in [2.05, 4.69) is 22.3 Å². The molecular weight excluding hydrogens is 264 g/mol. The predicted octanol–water partition coefficient (Wildman–Crippen LogP) is 3.40. The van der Waals surface area contributed by atoms with Gasteiger partial charge in [0.1, 0.15) is 10.7 Å². The number of hydrogen-bond acceptors (Lipinski definition) is 6. The molecule has 0 saturated heterocycles. The third kappa shape index (κ3) is 3.34. The lowest BCUT2D eigenvalue weighted by molar-refractivity contribution is 0.778. The lowest BCUT2D eigenvalue weighted by Gasteiger charge is -2.05. The van der Waals surface area contributed by atoms with Gasteiger partial charge in [0.2, 0.25) is 0 Å². The van der Waals surface area contributed by atoms with Crippen molar-refractivity contribution >= 4 is 39.1 Å². The molecule has 3 N–H and O–H groups in total. The lowest BCUT2D eigenvalue weighted by atomic mass is 10.3. The number of nitrogen functional groups attached to an aromatic ring is 1. The summed E-state index contributed by atoms with van der Waals surface area (Å²) in [7, 11) is 0. The first kappa shape index (κ1) is 13.6. The molecule has 0 spiro atoms. The summed E-state index contributed by atoms with van der Waals surface area (Å²) in [5.74, 6) is 9.11. The number of thiophene rings is 1. The van der Waals surface area contributed by atoms with Crippen molar-refractivity contribution in [3.8, 4) is 0 Å². The largest absolute Gasteiger partial charge is 0.308 e. The van der Waals surface area contributed by atoms with Crippen LogP contribution in [-0.4, -0.2) is 15.7 Å². The molecule has 6 heteroatoms. The van der Waals surface area contributed by atoms with Crippen LogP contribution in [0.3, 0.4) is 0 Å². The maximum atomic E-state index is 5.50. The predicted molar refractivity (Wildman–Crippen MR) is 80.9 cm³/mol. The number of hydrogen-bond donors (Lipinski definition) is 2. The Balaban J connectivity index is 2.00. The van der Waals surface area contributed by atoms with E-state index in [4.69, 9.17) is 5.84 Å². The maximum absolute atomic E-state index is 5.50. The van der Waals surface area contributed by atoms with E-state index in [0.717, 1.165) is 27.6 Å². The van der Waals surface area contributed by atoms with E-state index in [9.17, 15) is 0 Å². The van der Waals surface area contributed by atoms with Gasteiger partial charge in [-0.15, -0.1) is 11.3 Å². The van der Waals surface area contributed by atoms with Crippen LogP contribution in [0, 0.1) is 0 Å². The highest BCUT2D eigenvalue weighted by Crippen LogP contribution is 2.25. The van der Waals surface area contributed by atoms with Crippen LogP contribution in [0.15, 0.2) is 11.4 Å². The molecule has 0 aliphatic carbocycles. The first-order valence-electron chi connectivity index (χ1n) is 6.13. The smallest absolute Gasteiger partial charge is 0.152 e. The Morgan fingerprint density at radius 3 is 3.06 bits per heavy atom. The molecule has 0 fully saturated rings. The summed E-state index contributed by atoms with van der Waals surface area (Å²) in [5.41, 5.74) is 2.65. The third-order valence-electron chi connectivity index (χ3n) is 2.63. The highest BCUT2D eigenvalue weighted by molar-refractivity contribution is 7.98. The molecule has 2 rings (SSSR count). The van der Waals surface area contributed by atoms with Crippen LogP contribution >= 0.6 is 23.1 Å². The van der Waals surface area contributed by atoms with Crippen molar-refractivity contribution in [3.05, 3.63) is 17.3 Å². The van der Waals surface area contributed by atoms with E-state index in [-0.39, 0.29) is 0 Å². The zero-order valence-electron chi connectivity index (χ0n) is 10.5. The number of fused-ring (bicyclic) bond motifs is 1. The Morgan fingerprint density at radius 1 is 1.39 bits per heavy atom. The number of hydrazine groups is 1. The van der Waals surface area contributed by atoms with Crippen molar-refractivity contribution in [2.45, 2.75) is 31.9 Å². The van der Waals surface area contributed by atoms with Crippen LogP contribution in [0.1, 0.15) is 32.0 Å². The van der Waals surface area contributed by atoms with Gasteiger partial charge in [-0.1, -0.05) is 19.8 Å². The molecule has 0 aromatic carbocycles. The summed E-state index contributed by atoms with van der Waals surface area (Å²) < 4.78 is 0. The topological polar surface area (TPSA) is 63.8 Å².